The Hall–Kier alpha value is -0.910. The molecule has 1 aromatic carbocycles. The number of rotatable bonds is 4. The maximum Gasteiger partial charge on any atom is 0.175 e. The summed E-state index contributed by atoms with van der Waals surface area (Å²) in [6.45, 7) is 5.58. The zero-order chi connectivity index (χ0) is 13.0. The Morgan fingerprint density at radius 1 is 1.22 bits per heavy atom. The summed E-state index contributed by atoms with van der Waals surface area (Å²) < 4.78 is 27.9. The standard InChI is InChI=1S/C13H18NO3S/c1-18(15,16)13-4-2-12(3-5-13)6-7-14-8-10-17-11-9-14/h2-5,7H,6,8-11H2,1H3. The number of benzene rings is 1. The van der Waals surface area contributed by atoms with E-state index in [0.717, 1.165) is 38.3 Å². The van der Waals surface area contributed by atoms with E-state index in [-0.39, 0.29) is 0 Å². The van der Waals surface area contributed by atoms with Gasteiger partial charge in [-0.2, -0.15) is 0 Å². The van der Waals surface area contributed by atoms with E-state index >= 15 is 0 Å². The molecule has 5 heteroatoms. The summed E-state index contributed by atoms with van der Waals surface area (Å²) in [4.78, 5) is 2.62. The van der Waals surface area contributed by atoms with Gasteiger partial charge in [0.25, 0.3) is 0 Å². The molecule has 0 amide bonds. The zero-order valence-corrected chi connectivity index (χ0v) is 11.3. The highest BCUT2D eigenvalue weighted by Gasteiger charge is 2.11. The van der Waals surface area contributed by atoms with Crippen molar-refractivity contribution in [3.05, 3.63) is 36.4 Å². The lowest BCUT2D eigenvalue weighted by atomic mass is 10.1. The van der Waals surface area contributed by atoms with Gasteiger partial charge in [0, 0.05) is 25.9 Å². The van der Waals surface area contributed by atoms with Crippen molar-refractivity contribution in [2.75, 3.05) is 32.6 Å². The first kappa shape index (κ1) is 13.5. The highest BCUT2D eigenvalue weighted by Crippen LogP contribution is 2.12. The molecule has 0 spiro atoms. The Morgan fingerprint density at radius 3 is 2.39 bits per heavy atom. The molecule has 0 aromatic heterocycles. The highest BCUT2D eigenvalue weighted by molar-refractivity contribution is 7.90. The van der Waals surface area contributed by atoms with Crippen molar-refractivity contribution < 1.29 is 13.2 Å². The van der Waals surface area contributed by atoms with Crippen molar-refractivity contribution in [3.63, 3.8) is 0 Å². The van der Waals surface area contributed by atoms with Crippen LogP contribution in [0.1, 0.15) is 5.56 Å². The van der Waals surface area contributed by atoms with E-state index < -0.39 is 9.84 Å². The Balaban J connectivity index is 1.90. The zero-order valence-electron chi connectivity index (χ0n) is 10.5. The number of hydrogen-bond donors (Lipinski definition) is 0. The molecular formula is C13H18NO3S. The number of ether oxygens (including phenoxy) is 1. The highest BCUT2D eigenvalue weighted by atomic mass is 32.2. The van der Waals surface area contributed by atoms with E-state index in [1.807, 2.05) is 12.1 Å². The van der Waals surface area contributed by atoms with Crippen LogP contribution in [0, 0.1) is 6.54 Å². The quantitative estimate of drug-likeness (QED) is 0.821. The molecule has 0 N–H and O–H groups in total. The topological polar surface area (TPSA) is 46.6 Å². The minimum Gasteiger partial charge on any atom is -0.379 e. The van der Waals surface area contributed by atoms with Crippen LogP contribution in [0.25, 0.3) is 0 Å². The predicted molar refractivity (Wildman–Crippen MR) is 69.9 cm³/mol. The van der Waals surface area contributed by atoms with E-state index in [9.17, 15) is 8.42 Å². The van der Waals surface area contributed by atoms with Crippen molar-refractivity contribution in [2.24, 2.45) is 0 Å². The molecule has 4 nitrogen and oxygen atoms in total. The number of nitrogens with zero attached hydrogens (tertiary/aromatic N) is 1. The van der Waals surface area contributed by atoms with Gasteiger partial charge in [0.1, 0.15) is 0 Å². The first-order valence-corrected chi connectivity index (χ1v) is 7.89. The third kappa shape index (κ3) is 3.80. The van der Waals surface area contributed by atoms with Crippen molar-refractivity contribution in [1.82, 2.24) is 4.90 Å². The minimum absolute atomic E-state index is 0.373. The van der Waals surface area contributed by atoms with Crippen molar-refractivity contribution >= 4 is 9.84 Å². The van der Waals surface area contributed by atoms with Crippen molar-refractivity contribution in [3.8, 4) is 0 Å². The number of hydrogen-bond acceptors (Lipinski definition) is 4. The third-order valence-electron chi connectivity index (χ3n) is 2.98. The van der Waals surface area contributed by atoms with Gasteiger partial charge >= 0.3 is 0 Å². The summed E-state index contributed by atoms with van der Waals surface area (Å²) in [5.74, 6) is 0. The molecule has 0 bridgehead atoms. The molecule has 0 saturated carbocycles. The van der Waals surface area contributed by atoms with Gasteiger partial charge in [-0.15, -0.1) is 0 Å². The lowest BCUT2D eigenvalue weighted by Crippen LogP contribution is -2.34. The molecule has 1 radical (unpaired) electrons. The Morgan fingerprint density at radius 2 is 1.83 bits per heavy atom. The molecule has 1 aliphatic heterocycles. The molecule has 0 atom stereocenters. The average molecular weight is 268 g/mol. The second-order valence-corrected chi connectivity index (χ2v) is 6.47. The molecule has 0 unspecified atom stereocenters. The molecule has 0 aliphatic carbocycles. The summed E-state index contributed by atoms with van der Waals surface area (Å²) >= 11 is 0. The summed E-state index contributed by atoms with van der Waals surface area (Å²) in [5, 5.41) is 0. The smallest absolute Gasteiger partial charge is 0.175 e. The van der Waals surface area contributed by atoms with Crippen LogP contribution >= 0.6 is 0 Å². The van der Waals surface area contributed by atoms with Crippen LogP contribution in [0.3, 0.4) is 0 Å². The van der Waals surface area contributed by atoms with Crippen LogP contribution in [-0.4, -0.2) is 45.9 Å². The first-order valence-electron chi connectivity index (χ1n) is 6.00. The van der Waals surface area contributed by atoms with Crippen LogP contribution in [0.15, 0.2) is 29.2 Å². The summed E-state index contributed by atoms with van der Waals surface area (Å²) in [6.07, 6.45) is 2.05. The average Bonchev–Trinajstić information content (AvgIpc) is 2.37. The lowest BCUT2D eigenvalue weighted by molar-refractivity contribution is 0.0506. The van der Waals surface area contributed by atoms with E-state index in [1.54, 1.807) is 12.1 Å². The first-order chi connectivity index (χ1) is 8.55. The van der Waals surface area contributed by atoms with Gasteiger partial charge in [0.05, 0.1) is 18.1 Å². The minimum atomic E-state index is -3.09. The van der Waals surface area contributed by atoms with Crippen LogP contribution < -0.4 is 0 Å². The van der Waals surface area contributed by atoms with Gasteiger partial charge in [-0.1, -0.05) is 12.1 Å². The second kappa shape index (κ2) is 5.82. The molecule has 1 heterocycles. The van der Waals surface area contributed by atoms with Crippen LogP contribution in [0.2, 0.25) is 0 Å². The predicted octanol–water partition coefficient (Wildman–Crippen LogP) is 1.13. The molecule has 1 fully saturated rings. The number of morpholine rings is 1. The fourth-order valence-electron chi connectivity index (χ4n) is 1.87. The van der Waals surface area contributed by atoms with E-state index in [4.69, 9.17) is 4.74 Å². The van der Waals surface area contributed by atoms with Gasteiger partial charge in [-0.05, 0) is 24.1 Å². The van der Waals surface area contributed by atoms with Gasteiger partial charge < -0.3 is 4.74 Å². The van der Waals surface area contributed by atoms with Crippen LogP contribution in [-0.2, 0) is 21.0 Å². The summed E-state index contributed by atoms with van der Waals surface area (Å²) in [7, 11) is -3.09. The fourth-order valence-corrected chi connectivity index (χ4v) is 2.50. The molecule has 18 heavy (non-hydrogen) atoms. The maximum atomic E-state index is 11.3. The van der Waals surface area contributed by atoms with E-state index in [1.165, 1.54) is 6.26 Å². The Kier molecular flexibility index (Phi) is 4.37. The van der Waals surface area contributed by atoms with E-state index in [2.05, 4.69) is 11.4 Å². The van der Waals surface area contributed by atoms with E-state index in [0.29, 0.717) is 4.90 Å². The maximum absolute atomic E-state index is 11.3. The van der Waals surface area contributed by atoms with Crippen LogP contribution in [0.4, 0.5) is 0 Å². The molecule has 2 rings (SSSR count). The number of sulfone groups is 1. The normalized spacial score (nSPS) is 17.8. The Labute approximate surface area is 108 Å². The molecule has 99 valence electrons. The van der Waals surface area contributed by atoms with Gasteiger partial charge in [-0.25, -0.2) is 8.42 Å². The largest absolute Gasteiger partial charge is 0.379 e. The van der Waals surface area contributed by atoms with Gasteiger partial charge in [0.2, 0.25) is 0 Å². The fraction of sp³-hybridized carbons (Fsp3) is 0.462. The molecular weight excluding hydrogens is 250 g/mol. The molecule has 1 saturated heterocycles. The molecule has 1 aromatic rings. The summed E-state index contributed by atoms with van der Waals surface area (Å²) in [6, 6.07) is 7.07. The second-order valence-electron chi connectivity index (χ2n) is 4.45. The van der Waals surface area contributed by atoms with Crippen LogP contribution in [0.5, 0.6) is 0 Å². The van der Waals surface area contributed by atoms with Crippen molar-refractivity contribution in [2.45, 2.75) is 11.3 Å². The third-order valence-corrected chi connectivity index (χ3v) is 4.11. The van der Waals surface area contributed by atoms with Gasteiger partial charge in [0.15, 0.2) is 9.84 Å². The van der Waals surface area contributed by atoms with Gasteiger partial charge in [-0.3, -0.25) is 4.90 Å². The monoisotopic (exact) mass is 268 g/mol. The summed E-state index contributed by atoms with van der Waals surface area (Å²) in [5.41, 5.74) is 1.12. The van der Waals surface area contributed by atoms with Crippen molar-refractivity contribution in [1.29, 1.82) is 0 Å². The lowest BCUT2D eigenvalue weighted by Gasteiger charge is -2.26. The Bertz CT molecular complexity index is 475. The molecule has 1 aliphatic rings. The SMILES string of the molecule is CS(=O)(=O)c1ccc(C[CH]N2CCOCC2)cc1.